The van der Waals surface area contributed by atoms with E-state index in [0.29, 0.717) is 26.9 Å². The molecule has 0 aliphatic rings. The predicted octanol–water partition coefficient (Wildman–Crippen LogP) is 3.86. The van der Waals surface area contributed by atoms with Gasteiger partial charge in [0.25, 0.3) is 5.56 Å². The van der Waals surface area contributed by atoms with E-state index >= 15 is 0 Å². The van der Waals surface area contributed by atoms with Gasteiger partial charge in [-0.15, -0.1) is 0 Å². The third-order valence-corrected chi connectivity index (χ3v) is 4.34. The summed E-state index contributed by atoms with van der Waals surface area (Å²) < 4.78 is 0. The first kappa shape index (κ1) is 14.0. The number of benzene rings is 1. The summed E-state index contributed by atoms with van der Waals surface area (Å²) in [5.74, 6) is 0. The Morgan fingerprint density at radius 2 is 2.00 bits per heavy atom. The molecule has 0 unspecified atom stereocenters. The van der Waals surface area contributed by atoms with Crippen molar-refractivity contribution in [3.05, 3.63) is 58.0 Å². The zero-order valence-electron chi connectivity index (χ0n) is 11.3. The highest BCUT2D eigenvalue weighted by atomic mass is 35.5. The van der Waals surface area contributed by atoms with Gasteiger partial charge in [-0.2, -0.15) is 4.98 Å². The van der Waals surface area contributed by atoms with Crippen LogP contribution in [0.25, 0.3) is 10.2 Å². The lowest BCUT2D eigenvalue weighted by atomic mass is 10.3. The summed E-state index contributed by atoms with van der Waals surface area (Å²) in [6.07, 6.45) is 1.68. The molecule has 0 saturated carbocycles. The molecule has 6 heteroatoms. The van der Waals surface area contributed by atoms with Gasteiger partial charge in [0.2, 0.25) is 0 Å². The molecule has 0 fully saturated rings. The molecule has 0 saturated heterocycles. The van der Waals surface area contributed by atoms with Crippen LogP contribution in [0.2, 0.25) is 5.02 Å². The first-order chi connectivity index (χ1) is 10.2. The number of fused-ring (bicyclic) bond motifs is 1. The van der Waals surface area contributed by atoms with Gasteiger partial charge in [-0.25, -0.2) is 4.98 Å². The Balaban J connectivity index is 2.13. The number of anilines is 2. The lowest BCUT2D eigenvalue weighted by Gasteiger charge is -2.21. The molecule has 0 amide bonds. The van der Waals surface area contributed by atoms with E-state index in [9.17, 15) is 4.79 Å². The van der Waals surface area contributed by atoms with Crippen LogP contribution in [0, 0.1) is 0 Å². The third kappa shape index (κ3) is 2.75. The predicted molar refractivity (Wildman–Crippen MR) is 87.8 cm³/mol. The van der Waals surface area contributed by atoms with E-state index in [-0.39, 0.29) is 5.56 Å². The van der Waals surface area contributed by atoms with Gasteiger partial charge in [-0.05, 0) is 43.3 Å². The Morgan fingerprint density at radius 3 is 2.71 bits per heavy atom. The molecule has 0 bridgehead atoms. The van der Waals surface area contributed by atoms with Crippen LogP contribution in [0.3, 0.4) is 0 Å². The van der Waals surface area contributed by atoms with Crippen LogP contribution in [-0.2, 0) is 0 Å². The molecular weight excluding hydrogens is 306 g/mol. The fourth-order valence-corrected chi connectivity index (χ4v) is 3.21. The molecule has 3 aromatic rings. The normalized spacial score (nSPS) is 10.8. The summed E-state index contributed by atoms with van der Waals surface area (Å²) in [6, 6.07) is 11.0. The zero-order valence-corrected chi connectivity index (χ0v) is 12.9. The molecule has 0 aliphatic carbocycles. The molecule has 0 N–H and O–H groups in total. The monoisotopic (exact) mass is 317 g/mol. The Labute approximate surface area is 130 Å². The van der Waals surface area contributed by atoms with Crippen LogP contribution in [0.4, 0.5) is 10.8 Å². The van der Waals surface area contributed by atoms with Gasteiger partial charge in [0, 0.05) is 23.5 Å². The second-order valence-corrected chi connectivity index (χ2v) is 5.77. The SMILES string of the molecule is CCN(c1ccc(Cl)cc1)c1nc(=O)c2cccnc2s1. The molecule has 0 aliphatic heterocycles. The van der Waals surface area contributed by atoms with E-state index < -0.39 is 0 Å². The number of pyridine rings is 1. The van der Waals surface area contributed by atoms with Crippen molar-refractivity contribution in [3.63, 3.8) is 0 Å². The van der Waals surface area contributed by atoms with Gasteiger partial charge >= 0.3 is 0 Å². The van der Waals surface area contributed by atoms with Gasteiger partial charge in [-0.3, -0.25) is 4.79 Å². The van der Waals surface area contributed by atoms with E-state index in [4.69, 9.17) is 11.6 Å². The minimum atomic E-state index is -0.251. The molecule has 1 aromatic carbocycles. The summed E-state index contributed by atoms with van der Waals surface area (Å²) in [5, 5.41) is 1.87. The summed E-state index contributed by atoms with van der Waals surface area (Å²) in [4.78, 5) is 23.2. The molecule has 0 radical (unpaired) electrons. The van der Waals surface area contributed by atoms with Crippen molar-refractivity contribution in [1.82, 2.24) is 9.97 Å². The second-order valence-electron chi connectivity index (χ2n) is 4.38. The Bertz CT molecular complexity index is 832. The Morgan fingerprint density at radius 1 is 1.24 bits per heavy atom. The number of aromatic nitrogens is 2. The summed E-state index contributed by atoms with van der Waals surface area (Å²) in [5.41, 5.74) is 0.694. The summed E-state index contributed by atoms with van der Waals surface area (Å²) in [7, 11) is 0. The molecule has 106 valence electrons. The highest BCUT2D eigenvalue weighted by Gasteiger charge is 2.13. The van der Waals surface area contributed by atoms with Crippen LogP contribution < -0.4 is 10.5 Å². The van der Waals surface area contributed by atoms with Crippen LogP contribution in [-0.4, -0.2) is 16.5 Å². The smallest absolute Gasteiger partial charge is 0.282 e. The van der Waals surface area contributed by atoms with Gasteiger partial charge in [-0.1, -0.05) is 22.9 Å². The average Bonchev–Trinajstić information content (AvgIpc) is 2.50. The quantitative estimate of drug-likeness (QED) is 0.736. The second kappa shape index (κ2) is 5.79. The molecule has 21 heavy (non-hydrogen) atoms. The number of rotatable bonds is 3. The lowest BCUT2D eigenvalue weighted by molar-refractivity contribution is 1.00. The minimum Gasteiger partial charge on any atom is -0.318 e. The van der Waals surface area contributed by atoms with Crippen molar-refractivity contribution in [1.29, 1.82) is 0 Å². The van der Waals surface area contributed by atoms with Gasteiger partial charge in [0.15, 0.2) is 5.13 Å². The van der Waals surface area contributed by atoms with Crippen molar-refractivity contribution >= 4 is 44.0 Å². The first-order valence-corrected chi connectivity index (χ1v) is 7.67. The maximum Gasteiger partial charge on any atom is 0.282 e. The van der Waals surface area contributed by atoms with Crippen molar-refractivity contribution in [2.45, 2.75) is 6.92 Å². The maximum atomic E-state index is 12.1. The van der Waals surface area contributed by atoms with E-state index in [1.165, 1.54) is 11.3 Å². The number of halogens is 1. The molecule has 3 rings (SSSR count). The first-order valence-electron chi connectivity index (χ1n) is 6.48. The average molecular weight is 318 g/mol. The van der Waals surface area contributed by atoms with Gasteiger partial charge in [0.05, 0.1) is 5.39 Å². The largest absolute Gasteiger partial charge is 0.318 e. The van der Waals surface area contributed by atoms with Crippen molar-refractivity contribution < 1.29 is 0 Å². The van der Waals surface area contributed by atoms with Gasteiger partial charge in [0.1, 0.15) is 4.83 Å². The molecule has 2 aromatic heterocycles. The van der Waals surface area contributed by atoms with Crippen molar-refractivity contribution in [2.24, 2.45) is 0 Å². The fourth-order valence-electron chi connectivity index (χ4n) is 2.06. The lowest BCUT2D eigenvalue weighted by Crippen LogP contribution is -2.19. The van der Waals surface area contributed by atoms with Crippen molar-refractivity contribution in [3.8, 4) is 0 Å². The van der Waals surface area contributed by atoms with Crippen LogP contribution in [0.5, 0.6) is 0 Å². The minimum absolute atomic E-state index is 0.251. The molecule has 0 atom stereocenters. The van der Waals surface area contributed by atoms with E-state index in [1.807, 2.05) is 36.1 Å². The fraction of sp³-hybridized carbons (Fsp3) is 0.133. The van der Waals surface area contributed by atoms with Crippen LogP contribution >= 0.6 is 22.9 Å². The Kier molecular flexibility index (Phi) is 3.86. The maximum absolute atomic E-state index is 12.1. The highest BCUT2D eigenvalue weighted by Crippen LogP contribution is 2.29. The summed E-state index contributed by atoms with van der Waals surface area (Å²) in [6.45, 7) is 2.71. The van der Waals surface area contributed by atoms with Crippen LogP contribution in [0.15, 0.2) is 47.4 Å². The van der Waals surface area contributed by atoms with E-state index in [2.05, 4.69) is 9.97 Å². The third-order valence-electron chi connectivity index (χ3n) is 3.07. The number of nitrogens with zero attached hydrogens (tertiary/aromatic N) is 3. The van der Waals surface area contributed by atoms with E-state index in [1.54, 1.807) is 18.3 Å². The van der Waals surface area contributed by atoms with E-state index in [0.717, 1.165) is 5.69 Å². The number of hydrogen-bond donors (Lipinski definition) is 0. The molecule has 0 spiro atoms. The topological polar surface area (TPSA) is 46.1 Å². The zero-order chi connectivity index (χ0) is 14.8. The molecule has 2 heterocycles. The van der Waals surface area contributed by atoms with Gasteiger partial charge < -0.3 is 4.90 Å². The Hall–Kier alpha value is -1.98. The highest BCUT2D eigenvalue weighted by molar-refractivity contribution is 7.21. The molecular formula is C15H12ClN3OS. The molecule has 4 nitrogen and oxygen atoms in total. The summed E-state index contributed by atoms with van der Waals surface area (Å²) >= 11 is 7.32. The standard InChI is InChI=1S/C15H12ClN3OS/c1-2-19(11-7-5-10(16)6-8-11)15-18-13(20)12-4-3-9-17-14(12)21-15/h3-9H,2H2,1H3. The van der Waals surface area contributed by atoms with Crippen LogP contribution in [0.1, 0.15) is 6.92 Å². The van der Waals surface area contributed by atoms with Crippen molar-refractivity contribution in [2.75, 3.05) is 11.4 Å². The number of hydrogen-bond acceptors (Lipinski definition) is 5.